The Hall–Kier alpha value is -4.90. The predicted molar refractivity (Wildman–Crippen MR) is 254 cm³/mol. The second-order valence-corrected chi connectivity index (χ2v) is 21.5. The number of nitrogens with zero attached hydrogens (tertiary/aromatic N) is 4. The number of aromatic nitrogens is 2. The van der Waals surface area contributed by atoms with Crippen molar-refractivity contribution >= 4 is 65.3 Å². The molecule has 0 saturated carbocycles. The molecule has 0 spiro atoms. The molecule has 1 aliphatic heterocycles. The number of fused-ring (bicyclic) bond motifs is 6. The molecule has 61 heavy (non-hydrogen) atoms. The van der Waals surface area contributed by atoms with Gasteiger partial charge in [-0.15, -0.1) is 59.6 Å². The van der Waals surface area contributed by atoms with Gasteiger partial charge in [-0.3, -0.25) is 0 Å². The van der Waals surface area contributed by atoms with Crippen molar-refractivity contribution in [3.8, 4) is 17.3 Å². The number of ether oxygens (including phenoxy) is 1. The first-order chi connectivity index (χ1) is 28.2. The van der Waals surface area contributed by atoms with E-state index >= 15 is 0 Å². The molecule has 4 heterocycles. The van der Waals surface area contributed by atoms with Crippen molar-refractivity contribution in [1.29, 1.82) is 0 Å². The van der Waals surface area contributed by atoms with Crippen molar-refractivity contribution in [2.45, 2.75) is 105 Å². The van der Waals surface area contributed by atoms with E-state index in [0.717, 1.165) is 50.6 Å². The fraction of sp³-hybridized carbons (Fsp3) is 0.296. The molecular weight excluding hydrogens is 948 g/mol. The summed E-state index contributed by atoms with van der Waals surface area (Å²) >= 11 is 1.81. The summed E-state index contributed by atoms with van der Waals surface area (Å²) in [7, 11) is 0. The minimum absolute atomic E-state index is 0. The molecule has 0 radical (unpaired) electrons. The zero-order valence-corrected chi connectivity index (χ0v) is 40.5. The van der Waals surface area contributed by atoms with Gasteiger partial charge in [0.25, 0.3) is 0 Å². The van der Waals surface area contributed by atoms with Crippen LogP contribution in [0.25, 0.3) is 37.0 Å². The Labute approximate surface area is 380 Å². The van der Waals surface area contributed by atoms with Gasteiger partial charge < -0.3 is 19.1 Å². The largest absolute Gasteiger partial charge is 0.509 e. The quantitative estimate of drug-likeness (QED) is 0.161. The summed E-state index contributed by atoms with van der Waals surface area (Å²) in [6.07, 6.45) is 1.93. The summed E-state index contributed by atoms with van der Waals surface area (Å²) in [5, 5.41) is 2.34. The fourth-order valence-corrected chi connectivity index (χ4v) is 9.27. The summed E-state index contributed by atoms with van der Waals surface area (Å²) < 4.78 is 11.6. The van der Waals surface area contributed by atoms with E-state index in [-0.39, 0.29) is 42.7 Å². The Morgan fingerprint density at radius 3 is 1.84 bits per heavy atom. The SMILES string of the molecule is CC(C)(C)c1cc(Oc2[c-]c3c(cc2)c2sc4ccccc4c2n3-c2cc(C(C)(C)C)ccn2)[c-]c(N2[CH-]N(c3cc(C(C)(C)C)cc(C(C)(C)C)c3)c3ccccc32)c1.[Pt]. The van der Waals surface area contributed by atoms with E-state index in [0.29, 0.717) is 11.5 Å². The molecule has 0 atom stereocenters. The molecule has 0 unspecified atom stereocenters. The van der Waals surface area contributed by atoms with Gasteiger partial charge in [-0.25, -0.2) is 4.98 Å². The number of benzene rings is 5. The van der Waals surface area contributed by atoms with Crippen molar-refractivity contribution in [1.82, 2.24) is 9.55 Å². The van der Waals surface area contributed by atoms with E-state index in [1.165, 1.54) is 31.5 Å². The Morgan fingerprint density at radius 2 is 1.18 bits per heavy atom. The van der Waals surface area contributed by atoms with E-state index in [1.54, 1.807) is 0 Å². The second kappa shape index (κ2) is 15.2. The zero-order valence-electron chi connectivity index (χ0n) is 37.4. The standard InChI is InChI=1S/C54H55N4OS.Pt/c1-51(2,3)34-23-24-55-48(30-34)58-46-32-40(21-22-42(46)50-49(58)43-17-13-16-20-47(43)60-50)59-41-29-37(54(10,11)12)28-39(31-41)57-33-56(44-18-14-15-19-45(44)57)38-26-35(52(4,5)6)25-36(27-38)53(7,8)9;/h13-30,33H,1-12H3;/q-3;. The number of anilines is 4. The maximum atomic E-state index is 6.86. The van der Waals surface area contributed by atoms with Crippen molar-refractivity contribution < 1.29 is 25.8 Å². The molecule has 3 aromatic heterocycles. The molecule has 7 heteroatoms. The van der Waals surface area contributed by atoms with Crippen LogP contribution in [0.2, 0.25) is 0 Å². The molecule has 316 valence electrons. The van der Waals surface area contributed by atoms with Crippen molar-refractivity contribution in [2.24, 2.45) is 0 Å². The number of thiophene rings is 1. The average Bonchev–Trinajstić information content (AvgIpc) is 3.85. The van der Waals surface area contributed by atoms with Crippen molar-refractivity contribution in [2.75, 3.05) is 9.80 Å². The Kier molecular flexibility index (Phi) is 10.6. The summed E-state index contributed by atoms with van der Waals surface area (Å²) in [5.41, 5.74) is 11.2. The zero-order chi connectivity index (χ0) is 42.5. The van der Waals surface area contributed by atoms with E-state index in [1.807, 2.05) is 23.6 Å². The normalized spacial score (nSPS) is 13.6. The van der Waals surface area contributed by atoms with Crippen LogP contribution in [0.3, 0.4) is 0 Å². The molecule has 5 aromatic carbocycles. The van der Waals surface area contributed by atoms with Crippen molar-refractivity contribution in [3.05, 3.63) is 150 Å². The third-order valence-corrected chi connectivity index (χ3v) is 12.9. The first kappa shape index (κ1) is 42.8. The number of para-hydroxylation sites is 2. The molecular formula is C54H55N4OPtS-3. The summed E-state index contributed by atoms with van der Waals surface area (Å²) in [6.45, 7) is 29.4. The molecule has 0 N–H and O–H groups in total. The van der Waals surface area contributed by atoms with Crippen LogP contribution >= 0.6 is 11.3 Å². The van der Waals surface area contributed by atoms with Gasteiger partial charge in [-0.2, -0.15) is 6.07 Å². The number of pyridine rings is 1. The number of rotatable bonds is 5. The van der Waals surface area contributed by atoms with E-state index < -0.39 is 0 Å². The summed E-state index contributed by atoms with van der Waals surface area (Å²) in [5.74, 6) is 2.14. The van der Waals surface area contributed by atoms with Gasteiger partial charge >= 0.3 is 0 Å². The van der Waals surface area contributed by atoms with Gasteiger partial charge in [-0.1, -0.05) is 130 Å². The van der Waals surface area contributed by atoms with Crippen LogP contribution < -0.4 is 14.5 Å². The average molecular weight is 1000 g/mol. The van der Waals surface area contributed by atoms with Crippen LogP contribution in [0.4, 0.5) is 22.7 Å². The van der Waals surface area contributed by atoms with E-state index in [4.69, 9.17) is 9.72 Å². The Balaban J connectivity index is 0.00000514. The van der Waals surface area contributed by atoms with E-state index in [9.17, 15) is 0 Å². The molecule has 5 nitrogen and oxygen atoms in total. The first-order valence-corrected chi connectivity index (χ1v) is 21.8. The van der Waals surface area contributed by atoms with Crippen LogP contribution in [-0.2, 0) is 42.7 Å². The van der Waals surface area contributed by atoms with Gasteiger partial charge in [-0.05, 0) is 80.8 Å². The molecule has 0 fully saturated rings. The van der Waals surface area contributed by atoms with Crippen LogP contribution in [0.1, 0.15) is 105 Å². The van der Waals surface area contributed by atoms with Crippen LogP contribution in [0.5, 0.6) is 11.5 Å². The molecule has 0 bridgehead atoms. The monoisotopic (exact) mass is 1000 g/mol. The second-order valence-electron chi connectivity index (χ2n) is 20.4. The van der Waals surface area contributed by atoms with Crippen LogP contribution in [0.15, 0.2) is 109 Å². The third-order valence-electron chi connectivity index (χ3n) is 11.7. The third kappa shape index (κ3) is 7.91. The van der Waals surface area contributed by atoms with Crippen LogP contribution in [-0.4, -0.2) is 9.55 Å². The molecule has 0 amide bonds. The Bertz CT molecular complexity index is 2920. The minimum Gasteiger partial charge on any atom is -0.509 e. The van der Waals surface area contributed by atoms with Gasteiger partial charge in [0, 0.05) is 70.6 Å². The van der Waals surface area contributed by atoms with Gasteiger partial charge in [0.15, 0.2) is 0 Å². The van der Waals surface area contributed by atoms with Gasteiger partial charge in [0.05, 0.1) is 5.52 Å². The number of hydrogen-bond donors (Lipinski definition) is 0. The van der Waals surface area contributed by atoms with Crippen molar-refractivity contribution in [3.63, 3.8) is 0 Å². The maximum absolute atomic E-state index is 6.86. The molecule has 1 aliphatic rings. The topological polar surface area (TPSA) is 33.5 Å². The summed E-state index contributed by atoms with van der Waals surface area (Å²) in [4.78, 5) is 9.54. The van der Waals surface area contributed by atoms with E-state index in [2.05, 4.69) is 213 Å². The molecule has 9 rings (SSSR count). The Morgan fingerprint density at radius 1 is 0.574 bits per heavy atom. The molecule has 8 aromatic rings. The maximum Gasteiger partial charge on any atom is 0.135 e. The minimum atomic E-state index is -0.152. The van der Waals surface area contributed by atoms with Gasteiger partial charge in [0.1, 0.15) is 5.82 Å². The molecule has 0 saturated heterocycles. The molecule has 0 aliphatic carbocycles. The first-order valence-electron chi connectivity index (χ1n) is 21.0. The smallest absolute Gasteiger partial charge is 0.135 e. The van der Waals surface area contributed by atoms with Crippen LogP contribution in [0, 0.1) is 18.8 Å². The van der Waals surface area contributed by atoms with Gasteiger partial charge in [0.2, 0.25) is 0 Å². The summed E-state index contributed by atoms with van der Waals surface area (Å²) in [6, 6.07) is 44.7. The fourth-order valence-electron chi connectivity index (χ4n) is 8.06. The predicted octanol–water partition coefficient (Wildman–Crippen LogP) is 15.4. The number of hydrogen-bond acceptors (Lipinski definition) is 5.